The summed E-state index contributed by atoms with van der Waals surface area (Å²) in [5.41, 5.74) is 2.03. The number of hydrogen-bond acceptors (Lipinski definition) is 6. The van der Waals surface area contributed by atoms with E-state index in [1.54, 1.807) is 48.8 Å². The molecule has 3 heterocycles. The number of aromatic nitrogens is 1. The van der Waals surface area contributed by atoms with Gasteiger partial charge in [0.05, 0.1) is 38.5 Å². The second-order valence-corrected chi connectivity index (χ2v) is 9.81. The van der Waals surface area contributed by atoms with Gasteiger partial charge in [-0.05, 0) is 43.7 Å². The zero-order valence-electron chi connectivity index (χ0n) is 19.3. The number of halogens is 2. The summed E-state index contributed by atoms with van der Waals surface area (Å²) in [6.07, 6.45) is 1.66. The van der Waals surface area contributed by atoms with Gasteiger partial charge in [-0.15, -0.1) is 0 Å². The van der Waals surface area contributed by atoms with Gasteiger partial charge in [-0.25, -0.2) is 9.79 Å². The first-order chi connectivity index (χ1) is 17.4. The molecule has 6 nitrogen and oxygen atoms in total. The average molecular weight is 539 g/mol. The van der Waals surface area contributed by atoms with E-state index >= 15 is 0 Å². The van der Waals surface area contributed by atoms with Crippen LogP contribution in [-0.2, 0) is 9.53 Å². The molecular weight excluding hydrogens is 519 g/mol. The van der Waals surface area contributed by atoms with Crippen LogP contribution in [0.25, 0.3) is 17.4 Å². The van der Waals surface area contributed by atoms with Crippen LogP contribution in [0.4, 0.5) is 0 Å². The van der Waals surface area contributed by atoms with Crippen molar-refractivity contribution >= 4 is 46.6 Å². The highest BCUT2D eigenvalue weighted by atomic mass is 35.5. The number of fused-ring (bicyclic) bond motifs is 1. The zero-order chi connectivity index (χ0) is 25.4. The number of thiazole rings is 1. The van der Waals surface area contributed by atoms with E-state index in [9.17, 15) is 9.59 Å². The number of allylic oxidation sites excluding steroid dienone is 1. The maximum Gasteiger partial charge on any atom is 0.338 e. The number of nitrogens with zero attached hydrogens (tertiary/aromatic N) is 2. The van der Waals surface area contributed by atoms with E-state index in [2.05, 4.69) is 4.99 Å². The SMILES string of the molecule is CCOC(=O)C1=C(C)N=c2sc(=Cc3ccc(-c4cccc(Cl)c4Cl)o3)c(=O)n2C1c1ccccc1. The number of esters is 1. The molecule has 0 N–H and O–H groups in total. The molecule has 0 bridgehead atoms. The molecule has 0 amide bonds. The second kappa shape index (κ2) is 9.93. The van der Waals surface area contributed by atoms with E-state index in [0.717, 1.165) is 5.56 Å². The molecule has 9 heteroatoms. The third-order valence-corrected chi connectivity index (χ3v) is 7.55. The summed E-state index contributed by atoms with van der Waals surface area (Å²) in [4.78, 5) is 31.6. The fourth-order valence-electron chi connectivity index (χ4n) is 4.14. The van der Waals surface area contributed by atoms with Crippen LogP contribution in [0.5, 0.6) is 0 Å². The molecule has 0 aliphatic carbocycles. The average Bonchev–Trinajstić information content (AvgIpc) is 3.45. The lowest BCUT2D eigenvalue weighted by Crippen LogP contribution is -2.39. The van der Waals surface area contributed by atoms with Crippen molar-refractivity contribution in [3.63, 3.8) is 0 Å². The first kappa shape index (κ1) is 24.3. The van der Waals surface area contributed by atoms with Gasteiger partial charge in [-0.2, -0.15) is 0 Å². The third kappa shape index (κ3) is 4.34. The normalized spacial score (nSPS) is 15.6. The van der Waals surface area contributed by atoms with Gasteiger partial charge < -0.3 is 9.15 Å². The van der Waals surface area contributed by atoms with Crippen molar-refractivity contribution in [2.24, 2.45) is 4.99 Å². The number of ether oxygens (including phenoxy) is 1. The van der Waals surface area contributed by atoms with E-state index in [1.165, 1.54) is 11.3 Å². The highest BCUT2D eigenvalue weighted by Crippen LogP contribution is 2.34. The lowest BCUT2D eigenvalue weighted by Gasteiger charge is -2.24. The quantitative estimate of drug-likeness (QED) is 0.320. The van der Waals surface area contributed by atoms with Crippen LogP contribution in [0.1, 0.15) is 31.2 Å². The highest BCUT2D eigenvalue weighted by molar-refractivity contribution is 7.07. The molecule has 1 atom stereocenters. The number of hydrogen-bond donors (Lipinski definition) is 0. The Balaban J connectivity index is 1.64. The molecule has 1 aliphatic heterocycles. The van der Waals surface area contributed by atoms with E-state index < -0.39 is 12.0 Å². The minimum Gasteiger partial charge on any atom is -0.463 e. The van der Waals surface area contributed by atoms with Crippen molar-refractivity contribution in [3.8, 4) is 11.3 Å². The topological polar surface area (TPSA) is 73.8 Å². The Labute approximate surface area is 220 Å². The smallest absolute Gasteiger partial charge is 0.338 e. The van der Waals surface area contributed by atoms with Crippen molar-refractivity contribution in [2.45, 2.75) is 19.9 Å². The Bertz CT molecular complexity index is 1680. The Morgan fingerprint density at radius 2 is 1.92 bits per heavy atom. The predicted octanol–water partition coefficient (Wildman–Crippen LogP) is 5.37. The minimum absolute atomic E-state index is 0.221. The number of carbonyl (C=O) groups is 1. The van der Waals surface area contributed by atoms with Crippen molar-refractivity contribution in [2.75, 3.05) is 6.61 Å². The molecular formula is C27H20Cl2N2O4S. The van der Waals surface area contributed by atoms with Gasteiger partial charge in [0, 0.05) is 11.6 Å². The summed E-state index contributed by atoms with van der Waals surface area (Å²) in [6.45, 7) is 3.72. The summed E-state index contributed by atoms with van der Waals surface area (Å²) >= 11 is 13.7. The first-order valence-electron chi connectivity index (χ1n) is 11.2. The molecule has 0 radical (unpaired) electrons. The van der Waals surface area contributed by atoms with Crippen molar-refractivity contribution < 1.29 is 13.9 Å². The van der Waals surface area contributed by atoms with Crippen LogP contribution in [0.15, 0.2) is 86.1 Å². The Morgan fingerprint density at radius 3 is 2.67 bits per heavy atom. The monoisotopic (exact) mass is 538 g/mol. The maximum atomic E-state index is 13.6. The van der Waals surface area contributed by atoms with E-state index in [0.29, 0.717) is 47.7 Å². The molecule has 1 aliphatic rings. The number of rotatable bonds is 5. The molecule has 0 saturated heterocycles. The van der Waals surface area contributed by atoms with Crippen LogP contribution in [0.2, 0.25) is 10.0 Å². The Kier molecular flexibility index (Phi) is 6.71. The van der Waals surface area contributed by atoms with Crippen molar-refractivity contribution in [1.82, 2.24) is 4.57 Å². The highest BCUT2D eigenvalue weighted by Gasteiger charge is 2.33. The summed E-state index contributed by atoms with van der Waals surface area (Å²) < 4.78 is 13.2. The van der Waals surface area contributed by atoms with Gasteiger partial charge in [0.25, 0.3) is 5.56 Å². The number of carbonyl (C=O) groups excluding carboxylic acids is 1. The first-order valence-corrected chi connectivity index (χ1v) is 12.7. The van der Waals surface area contributed by atoms with Crippen LogP contribution >= 0.6 is 34.5 Å². The molecule has 182 valence electrons. The second-order valence-electron chi connectivity index (χ2n) is 8.02. The number of furan rings is 1. The molecule has 0 spiro atoms. The van der Waals surface area contributed by atoms with E-state index in [1.807, 2.05) is 36.4 Å². The number of benzene rings is 2. The fourth-order valence-corrected chi connectivity index (χ4v) is 5.56. The van der Waals surface area contributed by atoms with Crippen LogP contribution < -0.4 is 14.9 Å². The molecule has 1 unspecified atom stereocenters. The maximum absolute atomic E-state index is 13.6. The lowest BCUT2D eigenvalue weighted by atomic mass is 9.96. The minimum atomic E-state index is -0.652. The molecule has 0 saturated carbocycles. The summed E-state index contributed by atoms with van der Waals surface area (Å²) in [6, 6.07) is 17.6. The van der Waals surface area contributed by atoms with Gasteiger partial charge in [0.1, 0.15) is 11.5 Å². The summed E-state index contributed by atoms with van der Waals surface area (Å²) in [5, 5.41) is 0.818. The Morgan fingerprint density at radius 1 is 1.14 bits per heavy atom. The van der Waals surface area contributed by atoms with Crippen molar-refractivity contribution in [3.05, 3.63) is 113 Å². The third-order valence-electron chi connectivity index (χ3n) is 5.75. The molecule has 4 aromatic rings. The summed E-state index contributed by atoms with van der Waals surface area (Å²) in [5.74, 6) is 0.518. The van der Waals surface area contributed by atoms with Gasteiger partial charge in [0.15, 0.2) is 4.80 Å². The molecule has 0 fully saturated rings. The lowest BCUT2D eigenvalue weighted by molar-refractivity contribution is -0.139. The van der Waals surface area contributed by atoms with Crippen LogP contribution in [-0.4, -0.2) is 17.1 Å². The van der Waals surface area contributed by atoms with Gasteiger partial charge in [-0.1, -0.05) is 70.9 Å². The van der Waals surface area contributed by atoms with Crippen LogP contribution in [0, 0.1) is 0 Å². The molecule has 5 rings (SSSR count). The standard InChI is InChI=1S/C27H20Cl2N2O4S/c1-3-34-26(33)22-15(2)30-27-31(24(22)16-8-5-4-6-9-16)25(32)21(36-27)14-17-12-13-20(35-17)18-10-7-11-19(28)23(18)29/h4-14,24H,3H2,1-2H3. The van der Waals surface area contributed by atoms with E-state index in [-0.39, 0.29) is 12.2 Å². The van der Waals surface area contributed by atoms with E-state index in [4.69, 9.17) is 32.4 Å². The van der Waals surface area contributed by atoms with Gasteiger partial charge in [-0.3, -0.25) is 9.36 Å². The summed E-state index contributed by atoms with van der Waals surface area (Å²) in [7, 11) is 0. The van der Waals surface area contributed by atoms with Crippen LogP contribution in [0.3, 0.4) is 0 Å². The fraction of sp³-hybridized carbons (Fsp3) is 0.148. The Hall–Kier alpha value is -3.39. The predicted molar refractivity (Wildman–Crippen MR) is 141 cm³/mol. The molecule has 2 aromatic carbocycles. The van der Waals surface area contributed by atoms with Crippen molar-refractivity contribution in [1.29, 1.82) is 0 Å². The van der Waals surface area contributed by atoms with Gasteiger partial charge >= 0.3 is 5.97 Å². The molecule has 36 heavy (non-hydrogen) atoms. The van der Waals surface area contributed by atoms with Gasteiger partial charge in [0.2, 0.25) is 0 Å². The largest absolute Gasteiger partial charge is 0.463 e. The zero-order valence-corrected chi connectivity index (χ0v) is 21.7. The molecule has 2 aromatic heterocycles.